The largest absolute Gasteiger partial charge is 0.369 e. The quantitative estimate of drug-likeness (QED) is 0.551. The minimum atomic E-state index is 0.366. The van der Waals surface area contributed by atoms with E-state index in [0.717, 1.165) is 11.3 Å². The Kier molecular flexibility index (Phi) is 3.53. The summed E-state index contributed by atoms with van der Waals surface area (Å²) in [6, 6.07) is 9.43. The van der Waals surface area contributed by atoms with Crippen LogP contribution < -0.4 is 0 Å². The van der Waals surface area contributed by atoms with Gasteiger partial charge in [-0.05, 0) is 18.2 Å². The zero-order valence-corrected chi connectivity index (χ0v) is 12.4. The zero-order chi connectivity index (χ0) is 14.8. The van der Waals surface area contributed by atoms with Crippen molar-refractivity contribution in [3.05, 3.63) is 41.6 Å². The number of fused-ring (bicyclic) bond motifs is 1. The lowest BCUT2D eigenvalue weighted by atomic mass is 10.1. The molecule has 0 unspecified atom stereocenters. The number of hydrogen-bond acceptors (Lipinski definition) is 4. The van der Waals surface area contributed by atoms with Crippen LogP contribution in [-0.2, 0) is 0 Å². The molecule has 0 fully saturated rings. The second-order valence-electron chi connectivity index (χ2n) is 4.67. The maximum atomic E-state index is 6.05. The van der Waals surface area contributed by atoms with Gasteiger partial charge in [-0.3, -0.25) is 0 Å². The predicted molar refractivity (Wildman–Crippen MR) is 83.1 cm³/mol. The van der Waals surface area contributed by atoms with E-state index in [1.807, 2.05) is 49.3 Å². The van der Waals surface area contributed by atoms with E-state index in [1.165, 1.54) is 0 Å². The highest BCUT2D eigenvalue weighted by Crippen LogP contribution is 2.23. The van der Waals surface area contributed by atoms with E-state index in [4.69, 9.17) is 11.6 Å². The summed E-state index contributed by atoms with van der Waals surface area (Å²) in [5, 5.41) is 5.04. The molecule has 21 heavy (non-hydrogen) atoms. The van der Waals surface area contributed by atoms with Gasteiger partial charge < -0.3 is 4.90 Å². The van der Waals surface area contributed by atoms with Crippen LogP contribution in [0.2, 0.25) is 5.02 Å². The molecule has 0 saturated carbocycles. The maximum absolute atomic E-state index is 6.05. The third-order valence-electron chi connectivity index (χ3n) is 2.75. The van der Waals surface area contributed by atoms with Crippen LogP contribution >= 0.6 is 11.6 Å². The molecule has 0 N–H and O–H groups in total. The Morgan fingerprint density at radius 1 is 1.29 bits per heavy atom. The fourth-order valence-corrected chi connectivity index (χ4v) is 2.06. The fraction of sp³-hybridized carbons (Fsp3) is 0.143. The van der Waals surface area contributed by atoms with E-state index < -0.39 is 0 Å². The molecule has 0 aliphatic carbocycles. The molecule has 106 valence electrons. The summed E-state index contributed by atoms with van der Waals surface area (Å²) in [6.07, 6.45) is 3.34. The van der Waals surface area contributed by atoms with Gasteiger partial charge in [0.15, 0.2) is 0 Å². The summed E-state index contributed by atoms with van der Waals surface area (Å²) in [6.45, 7) is 0. The fourth-order valence-electron chi connectivity index (χ4n) is 1.87. The first-order chi connectivity index (χ1) is 10.1. The first-order valence-electron chi connectivity index (χ1n) is 6.32. The van der Waals surface area contributed by atoms with Crippen molar-refractivity contribution in [1.82, 2.24) is 24.5 Å². The van der Waals surface area contributed by atoms with E-state index in [2.05, 4.69) is 20.1 Å². The molecular weight excluding hydrogens is 288 g/mol. The van der Waals surface area contributed by atoms with Gasteiger partial charge in [-0.15, -0.1) is 5.10 Å². The molecule has 2 heterocycles. The van der Waals surface area contributed by atoms with Crippen LogP contribution in [0.5, 0.6) is 0 Å². The Morgan fingerprint density at radius 3 is 2.90 bits per heavy atom. The number of rotatable bonds is 3. The van der Waals surface area contributed by atoms with Crippen molar-refractivity contribution >= 4 is 29.7 Å². The van der Waals surface area contributed by atoms with E-state index in [0.29, 0.717) is 16.7 Å². The average molecular weight is 301 g/mol. The first kappa shape index (κ1) is 13.5. The van der Waals surface area contributed by atoms with Crippen molar-refractivity contribution in [2.45, 2.75) is 0 Å². The van der Waals surface area contributed by atoms with Crippen molar-refractivity contribution in [1.29, 1.82) is 0 Å². The summed E-state index contributed by atoms with van der Waals surface area (Å²) in [5.41, 5.74) is 1.81. The number of benzene rings is 1. The van der Waals surface area contributed by atoms with Crippen molar-refractivity contribution in [2.75, 3.05) is 14.1 Å². The second-order valence-corrected chi connectivity index (χ2v) is 5.11. The Bertz CT molecular complexity index is 808. The zero-order valence-electron chi connectivity index (χ0n) is 11.6. The molecule has 6 nitrogen and oxygen atoms in total. The van der Waals surface area contributed by atoms with Crippen LogP contribution in [0.4, 0.5) is 5.95 Å². The Morgan fingerprint density at radius 2 is 2.14 bits per heavy atom. The van der Waals surface area contributed by atoms with E-state index in [-0.39, 0.29) is 0 Å². The molecule has 2 aromatic heterocycles. The van der Waals surface area contributed by atoms with Gasteiger partial charge >= 0.3 is 0 Å². The van der Waals surface area contributed by atoms with E-state index in [9.17, 15) is 0 Å². The highest BCUT2D eigenvalue weighted by molar-refractivity contribution is 6.30. The SMILES string of the molecule is CN(C)/C=N/c1nc2nccc(-c3cccc(Cl)c3)n2n1. The van der Waals surface area contributed by atoms with Crippen LogP contribution in [0, 0.1) is 0 Å². The van der Waals surface area contributed by atoms with Gasteiger partial charge in [-0.25, -0.2) is 9.98 Å². The normalized spacial score (nSPS) is 11.4. The minimum Gasteiger partial charge on any atom is -0.369 e. The number of nitrogens with zero attached hydrogens (tertiary/aromatic N) is 6. The molecule has 0 radical (unpaired) electrons. The molecule has 0 saturated heterocycles. The van der Waals surface area contributed by atoms with Gasteiger partial charge in [0, 0.05) is 30.9 Å². The minimum absolute atomic E-state index is 0.366. The van der Waals surface area contributed by atoms with Crippen LogP contribution in [-0.4, -0.2) is 44.9 Å². The Balaban J connectivity index is 2.11. The summed E-state index contributed by atoms with van der Waals surface area (Å²) < 4.78 is 1.66. The van der Waals surface area contributed by atoms with Crippen molar-refractivity contribution in [3.8, 4) is 11.3 Å². The number of aliphatic imine (C=N–C) groups is 1. The van der Waals surface area contributed by atoms with Gasteiger partial charge in [0.2, 0.25) is 0 Å². The predicted octanol–water partition coefficient (Wildman–Crippen LogP) is 2.67. The van der Waals surface area contributed by atoms with E-state index >= 15 is 0 Å². The van der Waals surface area contributed by atoms with Crippen molar-refractivity contribution in [2.24, 2.45) is 4.99 Å². The van der Waals surface area contributed by atoms with Gasteiger partial charge in [-0.1, -0.05) is 23.7 Å². The third-order valence-corrected chi connectivity index (χ3v) is 2.99. The summed E-state index contributed by atoms with van der Waals surface area (Å²) in [4.78, 5) is 14.5. The molecule has 0 aliphatic rings. The lowest BCUT2D eigenvalue weighted by molar-refractivity contribution is 0.642. The van der Waals surface area contributed by atoms with Gasteiger partial charge in [-0.2, -0.15) is 9.50 Å². The van der Waals surface area contributed by atoms with Gasteiger partial charge in [0.1, 0.15) is 0 Å². The first-order valence-corrected chi connectivity index (χ1v) is 6.69. The summed E-state index contributed by atoms with van der Waals surface area (Å²) in [7, 11) is 3.77. The van der Waals surface area contributed by atoms with Crippen LogP contribution in [0.25, 0.3) is 17.0 Å². The molecule has 7 heteroatoms. The molecule has 0 amide bonds. The molecule has 0 bridgehead atoms. The number of aromatic nitrogens is 4. The standard InChI is InChI=1S/C14H13ClN6/c1-20(2)9-17-13-18-14-16-7-6-12(21(14)19-13)10-4-3-5-11(15)8-10/h3-9H,1-2H3/b17-9+. The van der Waals surface area contributed by atoms with Gasteiger partial charge in [0.05, 0.1) is 12.0 Å². The molecule has 0 atom stereocenters. The lowest BCUT2D eigenvalue weighted by Crippen LogP contribution is -2.07. The summed E-state index contributed by atoms with van der Waals surface area (Å²) >= 11 is 6.05. The molecular formula is C14H13ClN6. The van der Waals surface area contributed by atoms with Crippen molar-refractivity contribution < 1.29 is 0 Å². The van der Waals surface area contributed by atoms with Crippen LogP contribution in [0.15, 0.2) is 41.5 Å². The molecule has 0 aliphatic heterocycles. The molecule has 3 aromatic rings. The monoisotopic (exact) mass is 300 g/mol. The Labute approximate surface area is 126 Å². The smallest absolute Gasteiger partial charge is 0.272 e. The topological polar surface area (TPSA) is 58.7 Å². The lowest BCUT2D eigenvalue weighted by Gasteiger charge is -2.03. The van der Waals surface area contributed by atoms with Gasteiger partial charge in [0.25, 0.3) is 11.7 Å². The van der Waals surface area contributed by atoms with Crippen molar-refractivity contribution in [3.63, 3.8) is 0 Å². The third kappa shape index (κ3) is 2.85. The summed E-state index contributed by atoms with van der Waals surface area (Å²) in [5.74, 6) is 0.865. The molecule has 0 spiro atoms. The average Bonchev–Trinajstić information content (AvgIpc) is 2.88. The highest BCUT2D eigenvalue weighted by atomic mass is 35.5. The number of hydrogen-bond donors (Lipinski definition) is 0. The van der Waals surface area contributed by atoms with Crippen LogP contribution in [0.3, 0.4) is 0 Å². The number of halogens is 1. The second kappa shape index (κ2) is 5.49. The highest BCUT2D eigenvalue weighted by Gasteiger charge is 2.09. The van der Waals surface area contributed by atoms with E-state index in [1.54, 1.807) is 17.1 Å². The Hall–Kier alpha value is -2.47. The maximum Gasteiger partial charge on any atom is 0.272 e. The van der Waals surface area contributed by atoms with Crippen LogP contribution in [0.1, 0.15) is 0 Å². The molecule has 1 aromatic carbocycles. The molecule has 3 rings (SSSR count).